The SMILES string of the molecule is CC(C)CCNC(=O)c1cn(C)c2c(=O)n(-c3ccc(F)cc3)c(=O)[nH]c12. The Morgan fingerprint density at radius 1 is 1.22 bits per heavy atom. The summed E-state index contributed by atoms with van der Waals surface area (Å²) in [4.78, 5) is 40.5. The van der Waals surface area contributed by atoms with Crippen molar-refractivity contribution in [3.8, 4) is 5.69 Å². The number of carbonyl (C=O) groups excluding carboxylic acids is 1. The quantitative estimate of drug-likeness (QED) is 0.717. The lowest BCUT2D eigenvalue weighted by Gasteiger charge is -2.07. The number of hydrogen-bond acceptors (Lipinski definition) is 3. The van der Waals surface area contributed by atoms with Gasteiger partial charge in [-0.05, 0) is 36.6 Å². The fourth-order valence-electron chi connectivity index (χ4n) is 2.94. The monoisotopic (exact) mass is 372 g/mol. The lowest BCUT2D eigenvalue weighted by Crippen LogP contribution is -2.34. The zero-order valence-electron chi connectivity index (χ0n) is 15.4. The molecule has 2 N–H and O–H groups in total. The molecule has 0 spiro atoms. The first-order valence-corrected chi connectivity index (χ1v) is 8.68. The molecule has 1 aromatic carbocycles. The summed E-state index contributed by atoms with van der Waals surface area (Å²) in [5.74, 6) is -0.375. The molecule has 0 saturated heterocycles. The van der Waals surface area contributed by atoms with Gasteiger partial charge in [-0.1, -0.05) is 13.8 Å². The van der Waals surface area contributed by atoms with E-state index in [0.717, 1.165) is 11.0 Å². The van der Waals surface area contributed by atoms with E-state index in [-0.39, 0.29) is 28.2 Å². The summed E-state index contributed by atoms with van der Waals surface area (Å²) in [7, 11) is 1.63. The molecule has 0 radical (unpaired) electrons. The van der Waals surface area contributed by atoms with Gasteiger partial charge < -0.3 is 14.9 Å². The first-order chi connectivity index (χ1) is 12.8. The highest BCUT2D eigenvalue weighted by atomic mass is 19.1. The van der Waals surface area contributed by atoms with E-state index in [4.69, 9.17) is 0 Å². The van der Waals surface area contributed by atoms with E-state index in [1.807, 2.05) is 0 Å². The van der Waals surface area contributed by atoms with Crippen LogP contribution in [-0.4, -0.2) is 26.6 Å². The number of carbonyl (C=O) groups is 1. The molecule has 1 amide bonds. The van der Waals surface area contributed by atoms with E-state index in [9.17, 15) is 18.8 Å². The third kappa shape index (κ3) is 3.55. The second-order valence-electron chi connectivity index (χ2n) is 6.86. The predicted molar refractivity (Wildman–Crippen MR) is 101 cm³/mol. The molecule has 0 aliphatic rings. The fourth-order valence-corrected chi connectivity index (χ4v) is 2.94. The van der Waals surface area contributed by atoms with Gasteiger partial charge in [0.05, 0.1) is 16.8 Å². The highest BCUT2D eigenvalue weighted by Crippen LogP contribution is 2.15. The molecule has 142 valence electrons. The van der Waals surface area contributed by atoms with Crippen LogP contribution in [0.1, 0.15) is 30.6 Å². The number of aryl methyl sites for hydroxylation is 1. The van der Waals surface area contributed by atoms with Crippen molar-refractivity contribution in [2.75, 3.05) is 6.54 Å². The number of nitrogens with zero attached hydrogens (tertiary/aromatic N) is 2. The van der Waals surface area contributed by atoms with Crippen LogP contribution in [0.25, 0.3) is 16.7 Å². The topological polar surface area (TPSA) is 88.9 Å². The Morgan fingerprint density at radius 3 is 2.52 bits per heavy atom. The molecule has 0 atom stereocenters. The van der Waals surface area contributed by atoms with Crippen LogP contribution < -0.4 is 16.6 Å². The average molecular weight is 372 g/mol. The summed E-state index contributed by atoms with van der Waals surface area (Å²) in [5, 5.41) is 2.80. The molecule has 0 fully saturated rings. The van der Waals surface area contributed by atoms with E-state index >= 15 is 0 Å². The summed E-state index contributed by atoms with van der Waals surface area (Å²) in [5.41, 5.74) is -0.420. The molecule has 0 bridgehead atoms. The van der Waals surface area contributed by atoms with Crippen molar-refractivity contribution in [3.05, 3.63) is 62.7 Å². The van der Waals surface area contributed by atoms with Crippen LogP contribution in [0.3, 0.4) is 0 Å². The zero-order chi connectivity index (χ0) is 19.7. The second kappa shape index (κ2) is 7.22. The molecule has 0 unspecified atom stereocenters. The van der Waals surface area contributed by atoms with Crippen LogP contribution in [0.5, 0.6) is 0 Å². The molecule has 0 saturated carbocycles. The maximum absolute atomic E-state index is 13.1. The summed E-state index contributed by atoms with van der Waals surface area (Å²) in [6.45, 7) is 4.61. The molecule has 2 heterocycles. The number of halogens is 1. The van der Waals surface area contributed by atoms with E-state index in [2.05, 4.69) is 24.1 Å². The number of benzene rings is 1. The summed E-state index contributed by atoms with van der Waals surface area (Å²) in [6, 6.07) is 5.04. The predicted octanol–water partition coefficient (Wildman–Crippen LogP) is 1.93. The lowest BCUT2D eigenvalue weighted by molar-refractivity contribution is 0.0953. The summed E-state index contributed by atoms with van der Waals surface area (Å²) >= 11 is 0. The van der Waals surface area contributed by atoms with Crippen molar-refractivity contribution in [3.63, 3.8) is 0 Å². The van der Waals surface area contributed by atoms with Gasteiger partial charge in [0.2, 0.25) is 0 Å². The first-order valence-electron chi connectivity index (χ1n) is 8.68. The molecule has 0 aliphatic carbocycles. The number of nitrogens with one attached hydrogen (secondary N) is 2. The van der Waals surface area contributed by atoms with Gasteiger partial charge in [0.15, 0.2) is 0 Å². The molecule has 3 rings (SSSR count). The maximum atomic E-state index is 13.1. The van der Waals surface area contributed by atoms with E-state index in [0.29, 0.717) is 12.5 Å². The van der Waals surface area contributed by atoms with Crippen molar-refractivity contribution < 1.29 is 9.18 Å². The van der Waals surface area contributed by atoms with E-state index < -0.39 is 17.1 Å². The van der Waals surface area contributed by atoms with E-state index in [1.54, 1.807) is 7.05 Å². The molecule has 0 aliphatic heterocycles. The molecule has 8 heteroatoms. The minimum atomic E-state index is -0.693. The maximum Gasteiger partial charge on any atom is 0.333 e. The largest absolute Gasteiger partial charge is 0.352 e. The Morgan fingerprint density at radius 2 is 1.89 bits per heavy atom. The van der Waals surface area contributed by atoms with Crippen LogP contribution >= 0.6 is 0 Å². The van der Waals surface area contributed by atoms with Gasteiger partial charge in [0.1, 0.15) is 11.3 Å². The Kier molecular flexibility index (Phi) is 4.98. The minimum Gasteiger partial charge on any atom is -0.352 e. The van der Waals surface area contributed by atoms with Crippen molar-refractivity contribution in [1.82, 2.24) is 19.4 Å². The highest BCUT2D eigenvalue weighted by molar-refractivity contribution is 6.05. The van der Waals surface area contributed by atoms with Crippen LogP contribution in [0.15, 0.2) is 40.1 Å². The van der Waals surface area contributed by atoms with Crippen LogP contribution in [0.4, 0.5) is 4.39 Å². The van der Waals surface area contributed by atoms with Crippen LogP contribution in [-0.2, 0) is 7.05 Å². The number of hydrogen-bond donors (Lipinski definition) is 2. The molecule has 27 heavy (non-hydrogen) atoms. The Balaban J connectivity index is 2.09. The minimum absolute atomic E-state index is 0.188. The fraction of sp³-hybridized carbons (Fsp3) is 0.316. The van der Waals surface area contributed by atoms with Crippen molar-refractivity contribution in [2.24, 2.45) is 13.0 Å². The molecule has 2 aromatic heterocycles. The van der Waals surface area contributed by atoms with Gasteiger partial charge in [-0.25, -0.2) is 13.8 Å². The van der Waals surface area contributed by atoms with Gasteiger partial charge >= 0.3 is 5.69 Å². The number of fused-ring (bicyclic) bond motifs is 1. The Labute approximate surface area is 154 Å². The first kappa shape index (κ1) is 18.6. The third-order valence-corrected chi connectivity index (χ3v) is 4.36. The third-order valence-electron chi connectivity index (χ3n) is 4.36. The summed E-state index contributed by atoms with van der Waals surface area (Å²) in [6.07, 6.45) is 2.34. The van der Waals surface area contributed by atoms with Gasteiger partial charge in [-0.15, -0.1) is 0 Å². The number of aromatic nitrogens is 3. The molecule has 7 nitrogen and oxygen atoms in total. The molecule has 3 aromatic rings. The number of aromatic amines is 1. The van der Waals surface area contributed by atoms with Crippen LogP contribution in [0.2, 0.25) is 0 Å². The average Bonchev–Trinajstić information content (AvgIpc) is 2.93. The summed E-state index contributed by atoms with van der Waals surface area (Å²) < 4.78 is 15.6. The Hall–Kier alpha value is -3.16. The standard InChI is InChI=1S/C19H21FN4O3/c1-11(2)8-9-21-17(25)14-10-23(3)16-15(14)22-19(27)24(18(16)26)13-6-4-12(20)5-7-13/h4-7,10-11H,8-9H2,1-3H3,(H,21,25)(H,22,27). The van der Waals surface area contributed by atoms with Crippen molar-refractivity contribution >= 4 is 16.9 Å². The van der Waals surface area contributed by atoms with Gasteiger partial charge in [-0.3, -0.25) is 9.59 Å². The van der Waals surface area contributed by atoms with Gasteiger partial charge in [0, 0.05) is 19.8 Å². The highest BCUT2D eigenvalue weighted by Gasteiger charge is 2.20. The zero-order valence-corrected chi connectivity index (χ0v) is 15.4. The number of rotatable bonds is 5. The van der Waals surface area contributed by atoms with Crippen molar-refractivity contribution in [2.45, 2.75) is 20.3 Å². The van der Waals surface area contributed by atoms with Gasteiger partial charge in [0.25, 0.3) is 11.5 Å². The van der Waals surface area contributed by atoms with Crippen LogP contribution in [0, 0.1) is 11.7 Å². The smallest absolute Gasteiger partial charge is 0.333 e. The Bertz CT molecular complexity index is 1110. The molecular formula is C19H21FN4O3. The van der Waals surface area contributed by atoms with Gasteiger partial charge in [-0.2, -0.15) is 0 Å². The molecular weight excluding hydrogens is 351 g/mol. The lowest BCUT2D eigenvalue weighted by atomic mass is 10.1. The second-order valence-corrected chi connectivity index (χ2v) is 6.86. The normalized spacial score (nSPS) is 11.3. The van der Waals surface area contributed by atoms with Crippen molar-refractivity contribution in [1.29, 1.82) is 0 Å². The number of H-pyrrole nitrogens is 1. The number of amides is 1. The van der Waals surface area contributed by atoms with E-state index in [1.165, 1.54) is 35.0 Å².